The zero-order valence-corrected chi connectivity index (χ0v) is 22.4. The van der Waals surface area contributed by atoms with Crippen LogP contribution in [0.5, 0.6) is 0 Å². The molecule has 0 bridgehead atoms. The highest BCUT2D eigenvalue weighted by Gasteiger charge is 2.42. The molecule has 3 aromatic rings. The molecule has 4 atom stereocenters. The van der Waals surface area contributed by atoms with Gasteiger partial charge in [-0.1, -0.05) is 24.3 Å². The Kier molecular flexibility index (Phi) is 6.27. The van der Waals surface area contributed by atoms with Gasteiger partial charge in [0.15, 0.2) is 0 Å². The highest BCUT2D eigenvalue weighted by molar-refractivity contribution is 6.08. The van der Waals surface area contributed by atoms with Gasteiger partial charge in [-0.3, -0.25) is 14.5 Å². The first-order valence-electron chi connectivity index (χ1n) is 13.6. The minimum absolute atomic E-state index is 0.0895. The Morgan fingerprint density at radius 2 is 1.87 bits per heavy atom. The summed E-state index contributed by atoms with van der Waals surface area (Å²) in [7, 11) is 6.21. The molecule has 6 rings (SSSR count). The number of fused-ring (bicyclic) bond motifs is 2. The maximum Gasteiger partial charge on any atom is 0.256 e. The number of rotatable bonds is 5. The number of nitrogens with zero attached hydrogens (tertiary/aromatic N) is 4. The number of carbonyl (C=O) groups excluding carboxylic acids is 2. The summed E-state index contributed by atoms with van der Waals surface area (Å²) in [6.07, 6.45) is 5.40. The van der Waals surface area contributed by atoms with Crippen molar-refractivity contribution in [3.8, 4) is 0 Å². The Hall–Kier alpha value is -3.23. The summed E-state index contributed by atoms with van der Waals surface area (Å²) in [5.74, 6) is -0.473. The number of carbonyl (C=O) groups is 2. The molecule has 0 radical (unpaired) electrons. The number of nitrogens with two attached hydrogens (primary N) is 1. The Labute approximate surface area is 223 Å². The molecule has 1 aromatic heterocycles. The van der Waals surface area contributed by atoms with Crippen LogP contribution >= 0.6 is 0 Å². The van der Waals surface area contributed by atoms with Crippen LogP contribution in [0, 0.1) is 5.82 Å². The maximum absolute atomic E-state index is 14.9. The maximum atomic E-state index is 14.9. The van der Waals surface area contributed by atoms with E-state index in [0.29, 0.717) is 18.5 Å². The molecule has 0 saturated carbocycles. The van der Waals surface area contributed by atoms with E-state index in [0.717, 1.165) is 54.4 Å². The number of likely N-dealkylation sites (tertiary alicyclic amines) is 2. The molecule has 38 heavy (non-hydrogen) atoms. The average Bonchev–Trinajstić information content (AvgIpc) is 3.67. The average molecular weight is 518 g/mol. The van der Waals surface area contributed by atoms with Gasteiger partial charge in [0, 0.05) is 61.8 Å². The number of amides is 2. The second-order valence-corrected chi connectivity index (χ2v) is 11.4. The van der Waals surface area contributed by atoms with Gasteiger partial charge in [0.2, 0.25) is 5.91 Å². The van der Waals surface area contributed by atoms with Gasteiger partial charge in [-0.25, -0.2) is 4.39 Å². The number of likely N-dealkylation sites (N-methyl/N-ethyl adjacent to an activating group) is 1. The third kappa shape index (κ3) is 3.93. The van der Waals surface area contributed by atoms with Gasteiger partial charge in [0.25, 0.3) is 5.91 Å². The molecule has 0 spiro atoms. The Bertz CT molecular complexity index is 1420. The van der Waals surface area contributed by atoms with E-state index in [1.807, 2.05) is 29.8 Å². The van der Waals surface area contributed by atoms with Gasteiger partial charge in [-0.15, -0.1) is 0 Å². The minimum atomic E-state index is -0.548. The van der Waals surface area contributed by atoms with Gasteiger partial charge < -0.3 is 20.1 Å². The number of hydrogen-bond acceptors (Lipinski definition) is 4. The summed E-state index contributed by atoms with van der Waals surface area (Å²) in [5, 5.41) is 1.06. The van der Waals surface area contributed by atoms with Crippen LogP contribution in [0.3, 0.4) is 0 Å². The summed E-state index contributed by atoms with van der Waals surface area (Å²) in [6, 6.07) is 11.1. The van der Waals surface area contributed by atoms with Crippen molar-refractivity contribution >= 4 is 22.7 Å². The number of aromatic nitrogens is 1. The van der Waals surface area contributed by atoms with Crippen molar-refractivity contribution in [2.24, 2.45) is 12.8 Å². The van der Waals surface area contributed by atoms with Crippen molar-refractivity contribution in [1.29, 1.82) is 0 Å². The first-order chi connectivity index (χ1) is 18.3. The lowest BCUT2D eigenvalue weighted by molar-refractivity contribution is -0.121. The number of para-hydroxylation sites is 1. The molecule has 200 valence electrons. The lowest BCUT2D eigenvalue weighted by Crippen LogP contribution is -2.43. The lowest BCUT2D eigenvalue weighted by Gasteiger charge is -2.26. The predicted molar refractivity (Wildman–Crippen MR) is 145 cm³/mol. The second kappa shape index (κ2) is 9.50. The molecule has 2 aromatic carbocycles. The highest BCUT2D eigenvalue weighted by Crippen LogP contribution is 2.44. The molecule has 8 heteroatoms. The molecule has 2 N–H and O–H groups in total. The lowest BCUT2D eigenvalue weighted by atomic mass is 9.92. The van der Waals surface area contributed by atoms with Crippen LogP contribution in [0.2, 0.25) is 0 Å². The molecule has 3 aliphatic rings. The summed E-state index contributed by atoms with van der Waals surface area (Å²) in [6.45, 7) is 2.23. The molecule has 3 heterocycles. The first kappa shape index (κ1) is 25.1. The van der Waals surface area contributed by atoms with Crippen LogP contribution in [0.4, 0.5) is 4.39 Å². The van der Waals surface area contributed by atoms with Gasteiger partial charge in [0.05, 0.1) is 11.1 Å². The number of hydrogen-bond donors (Lipinski definition) is 1. The monoisotopic (exact) mass is 517 g/mol. The van der Waals surface area contributed by atoms with Crippen LogP contribution < -0.4 is 5.73 Å². The Morgan fingerprint density at radius 1 is 1.08 bits per heavy atom. The third-order valence-corrected chi connectivity index (χ3v) is 9.09. The van der Waals surface area contributed by atoms with E-state index in [2.05, 4.69) is 42.2 Å². The van der Waals surface area contributed by atoms with Crippen molar-refractivity contribution in [1.82, 2.24) is 19.3 Å². The van der Waals surface area contributed by atoms with Crippen LogP contribution in [0.25, 0.3) is 10.9 Å². The highest BCUT2D eigenvalue weighted by atomic mass is 19.1. The summed E-state index contributed by atoms with van der Waals surface area (Å²) < 4.78 is 17.0. The molecule has 1 unspecified atom stereocenters. The quantitative estimate of drug-likeness (QED) is 0.563. The SMILES string of the molecule is CN(C)[C@H]1CN(C2CCc3cccc(F)c32)C[C@@H]1c1cn(C)c2c(C(=O)N3CCC[C@H]3C(N)=O)cccc12. The van der Waals surface area contributed by atoms with E-state index < -0.39 is 11.9 Å². The van der Waals surface area contributed by atoms with E-state index >= 15 is 0 Å². The van der Waals surface area contributed by atoms with Crippen LogP contribution in [0.1, 0.15) is 58.3 Å². The van der Waals surface area contributed by atoms with Gasteiger partial charge in [0.1, 0.15) is 11.9 Å². The predicted octanol–water partition coefficient (Wildman–Crippen LogP) is 3.42. The smallest absolute Gasteiger partial charge is 0.256 e. The molecule has 2 saturated heterocycles. The number of halogens is 1. The molecule has 7 nitrogen and oxygen atoms in total. The standard InChI is InChI=1S/C30H36FN5O2/c1-33(2)26-17-35(24-13-12-18-7-4-10-23(31)27(18)24)16-22(26)21-15-34(3)28-19(21)8-5-9-20(28)30(38)36-14-6-11-25(36)29(32)37/h4-5,7-10,15,22,24-26H,6,11-14,16-17H2,1-3H3,(H2,32,37)/t22-,24?,25+,26+/m1/s1. The second-order valence-electron chi connectivity index (χ2n) is 11.4. The normalized spacial score (nSPS) is 25.6. The number of primary amides is 1. The van der Waals surface area contributed by atoms with Crippen LogP contribution in [0.15, 0.2) is 42.6 Å². The Morgan fingerprint density at radius 3 is 2.63 bits per heavy atom. The fraction of sp³-hybridized carbons (Fsp3) is 0.467. The van der Waals surface area contributed by atoms with E-state index in [1.165, 1.54) is 5.56 Å². The minimum Gasteiger partial charge on any atom is -0.368 e. The zero-order chi connectivity index (χ0) is 26.7. The summed E-state index contributed by atoms with van der Waals surface area (Å²) in [5.41, 5.74) is 10.3. The Balaban J connectivity index is 1.36. The molecular weight excluding hydrogens is 481 g/mol. The van der Waals surface area contributed by atoms with Crippen molar-refractivity contribution in [2.45, 2.75) is 49.7 Å². The van der Waals surface area contributed by atoms with Crippen molar-refractivity contribution in [3.63, 3.8) is 0 Å². The van der Waals surface area contributed by atoms with Gasteiger partial charge in [-0.2, -0.15) is 0 Å². The van der Waals surface area contributed by atoms with Crippen LogP contribution in [-0.4, -0.2) is 76.9 Å². The molecular formula is C30H36FN5O2. The largest absolute Gasteiger partial charge is 0.368 e. The third-order valence-electron chi connectivity index (χ3n) is 9.09. The number of benzene rings is 2. The zero-order valence-electron chi connectivity index (χ0n) is 22.4. The van der Waals surface area contributed by atoms with E-state index in [9.17, 15) is 14.0 Å². The van der Waals surface area contributed by atoms with Crippen molar-refractivity contribution < 1.29 is 14.0 Å². The first-order valence-corrected chi connectivity index (χ1v) is 13.6. The fourth-order valence-electron chi connectivity index (χ4n) is 7.30. The van der Waals surface area contributed by atoms with Crippen LogP contribution in [-0.2, 0) is 18.3 Å². The molecule has 2 fully saturated rings. The van der Waals surface area contributed by atoms with E-state index in [-0.39, 0.29) is 29.7 Å². The molecule has 1 aliphatic carbocycles. The van der Waals surface area contributed by atoms with E-state index in [1.54, 1.807) is 11.0 Å². The molecule has 2 amide bonds. The number of aryl methyl sites for hydroxylation is 2. The topological polar surface area (TPSA) is 74.8 Å². The van der Waals surface area contributed by atoms with Gasteiger partial charge in [-0.05, 0) is 63.0 Å². The summed E-state index contributed by atoms with van der Waals surface area (Å²) >= 11 is 0. The fourth-order valence-corrected chi connectivity index (χ4v) is 7.30. The van der Waals surface area contributed by atoms with Crippen molar-refractivity contribution in [3.05, 3.63) is 70.7 Å². The van der Waals surface area contributed by atoms with E-state index in [4.69, 9.17) is 5.73 Å². The molecule has 2 aliphatic heterocycles. The van der Waals surface area contributed by atoms with Crippen molar-refractivity contribution in [2.75, 3.05) is 33.7 Å². The van der Waals surface area contributed by atoms with Gasteiger partial charge >= 0.3 is 0 Å². The summed E-state index contributed by atoms with van der Waals surface area (Å²) in [4.78, 5) is 32.0.